The Hall–Kier alpha value is -2.21. The molecule has 0 aliphatic heterocycles. The van der Waals surface area contributed by atoms with Crippen LogP contribution in [-0.2, 0) is 0 Å². The lowest BCUT2D eigenvalue weighted by atomic mass is 10.2. The summed E-state index contributed by atoms with van der Waals surface area (Å²) >= 11 is 5.70. The molecule has 3 nitrogen and oxygen atoms in total. The summed E-state index contributed by atoms with van der Waals surface area (Å²) in [6.07, 6.45) is 0. The van der Waals surface area contributed by atoms with Crippen LogP contribution in [0.4, 0.5) is 19.1 Å². The third kappa shape index (κ3) is 1.89. The zero-order valence-electron chi connectivity index (χ0n) is 9.87. The SMILES string of the molecule is Nc1nc2cc(F)c(Cl)cc2n1-c1cc(F)ccc1F. The number of benzene rings is 2. The number of hydrogen-bond donors (Lipinski definition) is 1. The third-order valence-electron chi connectivity index (χ3n) is 2.87. The summed E-state index contributed by atoms with van der Waals surface area (Å²) in [5, 5.41) is -0.157. The highest BCUT2D eigenvalue weighted by atomic mass is 35.5. The van der Waals surface area contributed by atoms with Crippen LogP contribution in [0.25, 0.3) is 16.7 Å². The maximum absolute atomic E-state index is 13.8. The maximum Gasteiger partial charge on any atom is 0.206 e. The molecule has 0 spiro atoms. The second-order valence-corrected chi connectivity index (χ2v) is 4.56. The molecule has 0 saturated heterocycles. The Labute approximate surface area is 116 Å². The number of aromatic nitrogens is 2. The van der Waals surface area contributed by atoms with Gasteiger partial charge in [-0.25, -0.2) is 18.2 Å². The Morgan fingerprint density at radius 1 is 1.05 bits per heavy atom. The molecule has 0 atom stereocenters. The van der Waals surface area contributed by atoms with Gasteiger partial charge in [0.05, 0.1) is 21.7 Å². The average Bonchev–Trinajstić information content (AvgIpc) is 2.69. The van der Waals surface area contributed by atoms with Gasteiger partial charge >= 0.3 is 0 Å². The molecule has 0 unspecified atom stereocenters. The molecule has 102 valence electrons. The summed E-state index contributed by atoms with van der Waals surface area (Å²) in [5.74, 6) is -2.07. The third-order valence-corrected chi connectivity index (χ3v) is 3.16. The van der Waals surface area contributed by atoms with Crippen LogP contribution in [0.5, 0.6) is 0 Å². The highest BCUT2D eigenvalue weighted by Crippen LogP contribution is 2.29. The van der Waals surface area contributed by atoms with E-state index in [1.807, 2.05) is 0 Å². The number of rotatable bonds is 1. The van der Waals surface area contributed by atoms with Crippen molar-refractivity contribution in [2.75, 3.05) is 5.73 Å². The molecule has 0 radical (unpaired) electrons. The molecule has 2 aromatic carbocycles. The largest absolute Gasteiger partial charge is 0.369 e. The predicted molar refractivity (Wildman–Crippen MR) is 70.4 cm³/mol. The van der Waals surface area contributed by atoms with Gasteiger partial charge in [-0.05, 0) is 18.2 Å². The van der Waals surface area contributed by atoms with Gasteiger partial charge in [-0.15, -0.1) is 0 Å². The van der Waals surface area contributed by atoms with Gasteiger partial charge < -0.3 is 5.73 Å². The smallest absolute Gasteiger partial charge is 0.206 e. The number of hydrogen-bond acceptors (Lipinski definition) is 2. The van der Waals surface area contributed by atoms with Crippen LogP contribution in [-0.4, -0.2) is 9.55 Å². The lowest BCUT2D eigenvalue weighted by molar-refractivity contribution is 0.594. The van der Waals surface area contributed by atoms with Crippen molar-refractivity contribution in [3.63, 3.8) is 0 Å². The van der Waals surface area contributed by atoms with Crippen LogP contribution in [0.3, 0.4) is 0 Å². The summed E-state index contributed by atoms with van der Waals surface area (Å²) in [6.45, 7) is 0. The van der Waals surface area contributed by atoms with Gasteiger partial charge in [-0.3, -0.25) is 4.57 Å². The molecule has 20 heavy (non-hydrogen) atoms. The van der Waals surface area contributed by atoms with E-state index in [1.165, 1.54) is 10.6 Å². The van der Waals surface area contributed by atoms with Crippen LogP contribution >= 0.6 is 11.6 Å². The van der Waals surface area contributed by atoms with Crippen molar-refractivity contribution < 1.29 is 13.2 Å². The van der Waals surface area contributed by atoms with Gasteiger partial charge in [0.15, 0.2) is 0 Å². The first-order valence-electron chi connectivity index (χ1n) is 5.56. The molecule has 0 aliphatic carbocycles. The summed E-state index contributed by atoms with van der Waals surface area (Å²) < 4.78 is 41.7. The second-order valence-electron chi connectivity index (χ2n) is 4.16. The van der Waals surface area contributed by atoms with Crippen LogP contribution in [0.2, 0.25) is 5.02 Å². The molecule has 0 saturated carbocycles. The first kappa shape index (κ1) is 12.8. The summed E-state index contributed by atoms with van der Waals surface area (Å²) in [6, 6.07) is 5.29. The van der Waals surface area contributed by atoms with Crippen LogP contribution in [0, 0.1) is 17.5 Å². The molecular formula is C13H7ClF3N3. The molecule has 2 N–H and O–H groups in total. The van der Waals surface area contributed by atoms with Crippen molar-refractivity contribution in [2.45, 2.75) is 0 Å². The summed E-state index contributed by atoms with van der Waals surface area (Å²) in [7, 11) is 0. The normalized spacial score (nSPS) is 11.2. The van der Waals surface area contributed by atoms with Crippen LogP contribution < -0.4 is 5.73 Å². The van der Waals surface area contributed by atoms with Gasteiger partial charge in [0.2, 0.25) is 5.95 Å². The minimum Gasteiger partial charge on any atom is -0.369 e. The van der Waals surface area contributed by atoms with Gasteiger partial charge in [-0.2, -0.15) is 0 Å². The zero-order chi connectivity index (χ0) is 14.4. The van der Waals surface area contributed by atoms with E-state index in [-0.39, 0.29) is 22.2 Å². The lowest BCUT2D eigenvalue weighted by Gasteiger charge is -2.08. The van der Waals surface area contributed by atoms with Crippen molar-refractivity contribution in [3.8, 4) is 5.69 Å². The highest BCUT2D eigenvalue weighted by Gasteiger charge is 2.16. The van der Waals surface area contributed by atoms with E-state index in [4.69, 9.17) is 17.3 Å². The maximum atomic E-state index is 13.8. The van der Waals surface area contributed by atoms with E-state index in [1.54, 1.807) is 0 Å². The fourth-order valence-electron chi connectivity index (χ4n) is 2.00. The number of halogens is 4. The number of anilines is 1. The Balaban J connectivity index is 2.38. The molecular weight excluding hydrogens is 291 g/mol. The van der Waals surface area contributed by atoms with Crippen LogP contribution in [0.1, 0.15) is 0 Å². The van der Waals surface area contributed by atoms with Crippen molar-refractivity contribution >= 4 is 28.6 Å². The highest BCUT2D eigenvalue weighted by molar-refractivity contribution is 6.31. The molecule has 7 heteroatoms. The van der Waals surface area contributed by atoms with E-state index in [0.29, 0.717) is 5.52 Å². The molecule has 0 amide bonds. The Morgan fingerprint density at radius 3 is 2.55 bits per heavy atom. The minimum atomic E-state index is -0.683. The van der Waals surface area contributed by atoms with E-state index >= 15 is 0 Å². The molecule has 0 fully saturated rings. The molecule has 1 aromatic heterocycles. The summed E-state index contributed by atoms with van der Waals surface area (Å²) in [5.41, 5.74) is 6.08. The van der Waals surface area contributed by atoms with E-state index in [2.05, 4.69) is 4.98 Å². The minimum absolute atomic E-state index is 0.0915. The quantitative estimate of drug-likeness (QED) is 0.744. The molecule has 3 rings (SSSR count). The number of nitrogens with zero attached hydrogens (tertiary/aromatic N) is 2. The first-order valence-corrected chi connectivity index (χ1v) is 5.93. The Bertz CT molecular complexity index is 829. The second kappa shape index (κ2) is 4.42. The topological polar surface area (TPSA) is 43.8 Å². The van der Waals surface area contributed by atoms with Crippen molar-refractivity contribution in [3.05, 3.63) is 52.8 Å². The summed E-state index contributed by atoms with van der Waals surface area (Å²) in [4.78, 5) is 3.92. The molecule has 0 bridgehead atoms. The number of nitrogens with two attached hydrogens (primary N) is 1. The average molecular weight is 298 g/mol. The Morgan fingerprint density at radius 2 is 1.80 bits per heavy atom. The number of nitrogen functional groups attached to an aromatic ring is 1. The van der Waals surface area contributed by atoms with Crippen molar-refractivity contribution in [2.24, 2.45) is 0 Å². The fourth-order valence-corrected chi connectivity index (χ4v) is 2.16. The van der Waals surface area contributed by atoms with Gasteiger partial charge in [0.25, 0.3) is 0 Å². The zero-order valence-corrected chi connectivity index (χ0v) is 10.6. The molecule has 1 heterocycles. The standard InChI is InChI=1S/C13H7ClF3N3/c14-7-4-12-10(5-9(7)17)19-13(18)20(12)11-3-6(15)1-2-8(11)16/h1-5H,(H2,18,19). The number of imidazole rings is 1. The first-order chi connectivity index (χ1) is 9.47. The van der Waals surface area contributed by atoms with Gasteiger partial charge in [-0.1, -0.05) is 11.6 Å². The van der Waals surface area contributed by atoms with Gasteiger partial charge in [0, 0.05) is 12.1 Å². The molecule has 3 aromatic rings. The molecule has 0 aliphatic rings. The fraction of sp³-hybridized carbons (Fsp3) is 0. The number of fused-ring (bicyclic) bond motifs is 1. The van der Waals surface area contributed by atoms with Crippen molar-refractivity contribution in [1.29, 1.82) is 0 Å². The van der Waals surface area contributed by atoms with Crippen LogP contribution in [0.15, 0.2) is 30.3 Å². The monoisotopic (exact) mass is 297 g/mol. The lowest BCUT2D eigenvalue weighted by Crippen LogP contribution is -2.03. The van der Waals surface area contributed by atoms with E-state index in [9.17, 15) is 13.2 Å². The van der Waals surface area contributed by atoms with E-state index < -0.39 is 17.5 Å². The van der Waals surface area contributed by atoms with Crippen molar-refractivity contribution in [1.82, 2.24) is 9.55 Å². The van der Waals surface area contributed by atoms with E-state index in [0.717, 1.165) is 24.3 Å². The predicted octanol–water partition coefficient (Wildman–Crippen LogP) is 3.68. The van der Waals surface area contributed by atoms with Gasteiger partial charge in [0.1, 0.15) is 17.5 Å². The Kier molecular flexibility index (Phi) is 2.83.